The van der Waals surface area contributed by atoms with Crippen molar-refractivity contribution in [2.75, 3.05) is 10.6 Å². The van der Waals surface area contributed by atoms with Crippen LogP contribution in [0.1, 0.15) is 33.6 Å². The average Bonchev–Trinajstić information content (AvgIpc) is 2.63. The number of nitrogens with one attached hydrogen (secondary N) is 2. The Balaban J connectivity index is 1.78. The zero-order valence-electron chi connectivity index (χ0n) is 14.8. The summed E-state index contributed by atoms with van der Waals surface area (Å²) in [5.74, 6) is 0.0429. The molecule has 1 aromatic heterocycles. The van der Waals surface area contributed by atoms with Crippen LogP contribution in [0.15, 0.2) is 54.6 Å². The first kappa shape index (κ1) is 18.2. The fraction of sp³-hybridized carbons (Fsp3) is 0.100. The van der Waals surface area contributed by atoms with E-state index in [1.54, 1.807) is 31.2 Å². The molecule has 0 atom stereocenters. The lowest BCUT2D eigenvalue weighted by Crippen LogP contribution is -2.15. The van der Waals surface area contributed by atoms with E-state index in [9.17, 15) is 14.0 Å². The second-order valence-corrected chi connectivity index (χ2v) is 5.91. The predicted molar refractivity (Wildman–Crippen MR) is 101 cm³/mol. The summed E-state index contributed by atoms with van der Waals surface area (Å²) in [4.78, 5) is 32.2. The first-order valence-corrected chi connectivity index (χ1v) is 8.21. The number of carbonyl (C=O) groups is 2. The van der Waals surface area contributed by atoms with E-state index in [-0.39, 0.29) is 17.3 Å². The van der Waals surface area contributed by atoms with Crippen molar-refractivity contribution in [2.45, 2.75) is 13.8 Å². The maximum Gasteiger partial charge on any atom is 0.274 e. The summed E-state index contributed by atoms with van der Waals surface area (Å²) >= 11 is 0. The van der Waals surface area contributed by atoms with Crippen LogP contribution in [0.5, 0.6) is 0 Å². The molecule has 0 aliphatic rings. The summed E-state index contributed by atoms with van der Waals surface area (Å²) in [6.45, 7) is 3.18. The normalized spacial score (nSPS) is 10.3. The van der Waals surface area contributed by atoms with Gasteiger partial charge < -0.3 is 10.6 Å². The minimum absolute atomic E-state index is 0.0146. The van der Waals surface area contributed by atoms with Gasteiger partial charge in [-0.25, -0.2) is 14.4 Å². The molecule has 2 N–H and O–H groups in total. The first-order chi connectivity index (χ1) is 12.9. The molecule has 0 aliphatic carbocycles. The van der Waals surface area contributed by atoms with Crippen LogP contribution in [0.3, 0.4) is 0 Å². The number of Topliss-reactive ketones (excluding diaryl/α,β-unsaturated/α-hetero) is 1. The van der Waals surface area contributed by atoms with Crippen LogP contribution >= 0.6 is 0 Å². The van der Waals surface area contributed by atoms with Crippen molar-refractivity contribution < 1.29 is 14.0 Å². The second kappa shape index (κ2) is 7.74. The van der Waals surface area contributed by atoms with Crippen LogP contribution < -0.4 is 10.6 Å². The smallest absolute Gasteiger partial charge is 0.274 e. The van der Waals surface area contributed by atoms with E-state index in [1.165, 1.54) is 37.3 Å². The predicted octanol–water partition coefficient (Wildman–Crippen LogP) is 4.12. The Bertz CT molecular complexity index is 986. The first-order valence-electron chi connectivity index (χ1n) is 8.21. The highest BCUT2D eigenvalue weighted by Gasteiger charge is 2.11. The topological polar surface area (TPSA) is 84.0 Å². The van der Waals surface area contributed by atoms with Crippen LogP contribution in [-0.2, 0) is 0 Å². The molecule has 136 valence electrons. The number of rotatable bonds is 5. The number of nitrogens with zero attached hydrogens (tertiary/aromatic N) is 2. The molecule has 1 heterocycles. The van der Waals surface area contributed by atoms with Gasteiger partial charge in [-0.2, -0.15) is 0 Å². The van der Waals surface area contributed by atoms with E-state index in [2.05, 4.69) is 20.6 Å². The lowest BCUT2D eigenvalue weighted by molar-refractivity contribution is 0.101. The van der Waals surface area contributed by atoms with Gasteiger partial charge in [-0.1, -0.05) is 0 Å². The van der Waals surface area contributed by atoms with Crippen molar-refractivity contribution in [3.63, 3.8) is 0 Å². The van der Waals surface area contributed by atoms with Gasteiger partial charge in [-0.3, -0.25) is 9.59 Å². The van der Waals surface area contributed by atoms with Crippen LogP contribution in [0.25, 0.3) is 0 Å². The summed E-state index contributed by atoms with van der Waals surface area (Å²) in [5.41, 5.74) is 1.98. The number of anilines is 3. The molecule has 0 bridgehead atoms. The SMILES string of the molecule is CC(=O)c1ccc(Nc2cc(C(=O)Nc3ccc(F)cc3)nc(C)n2)cc1. The van der Waals surface area contributed by atoms with Gasteiger partial charge in [0.05, 0.1) is 0 Å². The Morgan fingerprint density at radius 3 is 2.19 bits per heavy atom. The quantitative estimate of drug-likeness (QED) is 0.665. The summed E-state index contributed by atoms with van der Waals surface area (Å²) in [5, 5.41) is 5.75. The minimum atomic E-state index is -0.429. The van der Waals surface area contributed by atoms with Crippen molar-refractivity contribution in [3.05, 3.63) is 77.5 Å². The van der Waals surface area contributed by atoms with Crippen LogP contribution in [-0.4, -0.2) is 21.7 Å². The monoisotopic (exact) mass is 364 g/mol. The van der Waals surface area contributed by atoms with E-state index >= 15 is 0 Å². The van der Waals surface area contributed by atoms with Gasteiger partial charge in [0.15, 0.2) is 5.78 Å². The number of halogens is 1. The standard InChI is InChI=1S/C20H17FN4O2/c1-12(26)14-3-7-16(8-4-14)24-19-11-18(22-13(2)23-19)20(27)25-17-9-5-15(21)6-10-17/h3-11H,1-2H3,(H,25,27)(H,22,23,24). The summed E-state index contributed by atoms with van der Waals surface area (Å²) in [6.07, 6.45) is 0. The Kier molecular flexibility index (Phi) is 5.21. The highest BCUT2D eigenvalue weighted by atomic mass is 19.1. The minimum Gasteiger partial charge on any atom is -0.340 e. The second-order valence-electron chi connectivity index (χ2n) is 5.91. The molecule has 0 saturated carbocycles. The zero-order valence-corrected chi connectivity index (χ0v) is 14.8. The van der Waals surface area contributed by atoms with E-state index in [1.807, 2.05) is 0 Å². The third kappa shape index (κ3) is 4.72. The molecule has 0 radical (unpaired) electrons. The van der Waals surface area contributed by atoms with E-state index < -0.39 is 5.91 Å². The fourth-order valence-electron chi connectivity index (χ4n) is 2.41. The summed E-state index contributed by atoms with van der Waals surface area (Å²) < 4.78 is 13.0. The number of aromatic nitrogens is 2. The molecule has 7 heteroatoms. The van der Waals surface area contributed by atoms with Crippen LogP contribution in [0, 0.1) is 12.7 Å². The average molecular weight is 364 g/mol. The zero-order chi connectivity index (χ0) is 19.4. The fourth-order valence-corrected chi connectivity index (χ4v) is 2.41. The number of hydrogen-bond donors (Lipinski definition) is 2. The maximum absolute atomic E-state index is 13.0. The molecular weight excluding hydrogens is 347 g/mol. The van der Waals surface area contributed by atoms with Crippen molar-refractivity contribution >= 4 is 28.9 Å². The third-order valence-electron chi connectivity index (χ3n) is 3.74. The van der Waals surface area contributed by atoms with Crippen LogP contribution in [0.4, 0.5) is 21.6 Å². The lowest BCUT2D eigenvalue weighted by Gasteiger charge is -2.09. The maximum atomic E-state index is 13.0. The Morgan fingerprint density at radius 1 is 0.926 bits per heavy atom. The Labute approximate surface area is 155 Å². The molecule has 3 rings (SSSR count). The van der Waals surface area contributed by atoms with Gasteiger partial charge in [0.2, 0.25) is 0 Å². The van der Waals surface area contributed by atoms with Crippen molar-refractivity contribution in [1.82, 2.24) is 9.97 Å². The number of amides is 1. The molecule has 0 unspecified atom stereocenters. The molecule has 3 aromatic rings. The highest BCUT2D eigenvalue weighted by Crippen LogP contribution is 2.17. The van der Waals surface area contributed by atoms with Crippen LogP contribution in [0.2, 0.25) is 0 Å². The van der Waals surface area contributed by atoms with Gasteiger partial charge >= 0.3 is 0 Å². The molecule has 27 heavy (non-hydrogen) atoms. The van der Waals surface area contributed by atoms with Crippen molar-refractivity contribution in [3.8, 4) is 0 Å². The molecule has 0 fully saturated rings. The Hall–Kier alpha value is -3.61. The molecule has 0 aliphatic heterocycles. The third-order valence-corrected chi connectivity index (χ3v) is 3.74. The van der Waals surface area contributed by atoms with Gasteiger partial charge in [-0.15, -0.1) is 0 Å². The molecule has 2 aromatic carbocycles. The number of aryl methyl sites for hydroxylation is 1. The lowest BCUT2D eigenvalue weighted by atomic mass is 10.1. The van der Waals surface area contributed by atoms with Gasteiger partial charge in [-0.05, 0) is 62.4 Å². The molecule has 0 saturated heterocycles. The largest absolute Gasteiger partial charge is 0.340 e. The number of hydrogen-bond acceptors (Lipinski definition) is 5. The van der Waals surface area contributed by atoms with Gasteiger partial charge in [0.1, 0.15) is 23.2 Å². The van der Waals surface area contributed by atoms with Gasteiger partial charge in [0, 0.05) is 23.0 Å². The van der Waals surface area contributed by atoms with Crippen molar-refractivity contribution in [2.24, 2.45) is 0 Å². The van der Waals surface area contributed by atoms with E-state index in [0.29, 0.717) is 22.9 Å². The number of carbonyl (C=O) groups excluding carboxylic acids is 2. The molecular formula is C20H17FN4O2. The molecule has 6 nitrogen and oxygen atoms in total. The highest BCUT2D eigenvalue weighted by molar-refractivity contribution is 6.03. The van der Waals surface area contributed by atoms with E-state index in [4.69, 9.17) is 0 Å². The summed E-state index contributed by atoms with van der Waals surface area (Å²) in [6, 6.07) is 13.9. The number of benzene rings is 2. The summed E-state index contributed by atoms with van der Waals surface area (Å²) in [7, 11) is 0. The Morgan fingerprint density at radius 2 is 1.56 bits per heavy atom. The van der Waals surface area contributed by atoms with Gasteiger partial charge in [0.25, 0.3) is 5.91 Å². The molecule has 1 amide bonds. The molecule has 0 spiro atoms. The van der Waals surface area contributed by atoms with Crippen molar-refractivity contribution in [1.29, 1.82) is 0 Å². The van der Waals surface area contributed by atoms with E-state index in [0.717, 1.165) is 5.69 Å². The number of ketones is 1.